The number of alkyl halides is 3. The van der Waals surface area contributed by atoms with E-state index in [0.717, 1.165) is 19.6 Å². The van der Waals surface area contributed by atoms with Crippen LogP contribution < -0.4 is 5.32 Å². The lowest BCUT2D eigenvalue weighted by Crippen LogP contribution is -2.45. The van der Waals surface area contributed by atoms with Gasteiger partial charge < -0.3 is 15.0 Å². The summed E-state index contributed by atoms with van der Waals surface area (Å²) >= 11 is 0. The van der Waals surface area contributed by atoms with E-state index in [4.69, 9.17) is 4.74 Å². The van der Waals surface area contributed by atoms with Crippen molar-refractivity contribution >= 4 is 0 Å². The lowest BCUT2D eigenvalue weighted by Gasteiger charge is -2.31. The summed E-state index contributed by atoms with van der Waals surface area (Å²) in [4.78, 5) is 1.75. The van der Waals surface area contributed by atoms with Crippen LogP contribution in [0.25, 0.3) is 0 Å². The van der Waals surface area contributed by atoms with Gasteiger partial charge in [-0.2, -0.15) is 13.2 Å². The van der Waals surface area contributed by atoms with Crippen LogP contribution in [0.15, 0.2) is 0 Å². The standard InChI is InChI=1S/C11H21F3N2O/c1-9(7-10-8-17-6-4-15-10)16(2)5-3-11(12,13)14/h9-10,15H,3-8H2,1-2H3. The van der Waals surface area contributed by atoms with E-state index in [9.17, 15) is 13.2 Å². The number of morpholine rings is 1. The van der Waals surface area contributed by atoms with Crippen LogP contribution in [0.1, 0.15) is 19.8 Å². The molecule has 0 aromatic rings. The van der Waals surface area contributed by atoms with E-state index >= 15 is 0 Å². The fraction of sp³-hybridized carbons (Fsp3) is 1.00. The molecule has 1 fully saturated rings. The molecule has 0 aliphatic carbocycles. The zero-order valence-corrected chi connectivity index (χ0v) is 10.4. The van der Waals surface area contributed by atoms with Crippen LogP contribution >= 0.6 is 0 Å². The lowest BCUT2D eigenvalue weighted by molar-refractivity contribution is -0.138. The maximum Gasteiger partial charge on any atom is 0.390 e. The molecule has 0 spiro atoms. The second kappa shape index (κ2) is 6.56. The Morgan fingerprint density at radius 1 is 1.47 bits per heavy atom. The highest BCUT2D eigenvalue weighted by Crippen LogP contribution is 2.20. The molecule has 1 aliphatic rings. The van der Waals surface area contributed by atoms with Gasteiger partial charge in [-0.15, -0.1) is 0 Å². The number of halogens is 3. The number of nitrogens with zero attached hydrogens (tertiary/aromatic N) is 1. The molecule has 1 saturated heterocycles. The molecule has 102 valence electrons. The molecule has 0 aromatic carbocycles. The maximum absolute atomic E-state index is 12.1. The van der Waals surface area contributed by atoms with Gasteiger partial charge in [0.05, 0.1) is 19.6 Å². The van der Waals surface area contributed by atoms with Gasteiger partial charge in [-0.1, -0.05) is 0 Å². The second-order valence-corrected chi connectivity index (χ2v) is 4.66. The molecule has 0 saturated carbocycles. The van der Waals surface area contributed by atoms with Gasteiger partial charge in [-0.3, -0.25) is 0 Å². The van der Waals surface area contributed by atoms with Gasteiger partial charge in [0.25, 0.3) is 0 Å². The van der Waals surface area contributed by atoms with Crippen LogP contribution in [0.5, 0.6) is 0 Å². The van der Waals surface area contributed by atoms with Crippen LogP contribution in [-0.4, -0.2) is 56.5 Å². The molecule has 3 nitrogen and oxygen atoms in total. The minimum atomic E-state index is -4.07. The van der Waals surface area contributed by atoms with Crippen molar-refractivity contribution in [2.24, 2.45) is 0 Å². The Hall–Kier alpha value is -0.330. The maximum atomic E-state index is 12.1. The topological polar surface area (TPSA) is 24.5 Å². The fourth-order valence-electron chi connectivity index (χ4n) is 1.89. The van der Waals surface area contributed by atoms with Gasteiger partial charge in [0.1, 0.15) is 0 Å². The van der Waals surface area contributed by atoms with E-state index in [-0.39, 0.29) is 18.6 Å². The average molecular weight is 254 g/mol. The summed E-state index contributed by atoms with van der Waals surface area (Å²) in [6.07, 6.45) is -4.00. The molecule has 0 aromatic heterocycles. The Morgan fingerprint density at radius 2 is 2.18 bits per heavy atom. The molecule has 17 heavy (non-hydrogen) atoms. The van der Waals surface area contributed by atoms with Crippen LogP contribution in [0.3, 0.4) is 0 Å². The SMILES string of the molecule is CC(CC1COCCN1)N(C)CCC(F)(F)F. The first kappa shape index (κ1) is 14.7. The zero-order chi connectivity index (χ0) is 12.9. The fourth-order valence-corrected chi connectivity index (χ4v) is 1.89. The molecule has 0 bridgehead atoms. The average Bonchev–Trinajstić information content (AvgIpc) is 2.26. The van der Waals surface area contributed by atoms with E-state index in [1.807, 2.05) is 6.92 Å². The summed E-state index contributed by atoms with van der Waals surface area (Å²) in [5.74, 6) is 0. The predicted octanol–water partition coefficient (Wildman–Crippen LogP) is 1.64. The number of hydrogen-bond acceptors (Lipinski definition) is 3. The third kappa shape index (κ3) is 6.24. The van der Waals surface area contributed by atoms with Gasteiger partial charge in [-0.25, -0.2) is 0 Å². The largest absolute Gasteiger partial charge is 0.390 e. The van der Waals surface area contributed by atoms with Crippen molar-refractivity contribution in [1.82, 2.24) is 10.2 Å². The Bertz CT molecular complexity index is 217. The lowest BCUT2D eigenvalue weighted by atomic mass is 10.1. The Morgan fingerprint density at radius 3 is 2.71 bits per heavy atom. The Balaban J connectivity index is 2.23. The highest BCUT2D eigenvalue weighted by molar-refractivity contribution is 4.76. The molecule has 2 atom stereocenters. The first-order chi connectivity index (χ1) is 7.88. The molecular weight excluding hydrogens is 233 g/mol. The molecule has 6 heteroatoms. The first-order valence-corrected chi connectivity index (χ1v) is 5.96. The minimum absolute atomic E-state index is 0.0538. The van der Waals surface area contributed by atoms with E-state index < -0.39 is 12.6 Å². The van der Waals surface area contributed by atoms with E-state index in [0.29, 0.717) is 6.61 Å². The van der Waals surface area contributed by atoms with Gasteiger partial charge in [0.15, 0.2) is 0 Å². The molecule has 1 aliphatic heterocycles. The minimum Gasteiger partial charge on any atom is -0.379 e. The molecule has 1 N–H and O–H groups in total. The van der Waals surface area contributed by atoms with Crippen molar-refractivity contribution in [1.29, 1.82) is 0 Å². The van der Waals surface area contributed by atoms with Crippen LogP contribution in [0.2, 0.25) is 0 Å². The summed E-state index contributed by atoms with van der Waals surface area (Å²) in [6.45, 7) is 4.20. The van der Waals surface area contributed by atoms with E-state index in [1.54, 1.807) is 11.9 Å². The normalized spacial score (nSPS) is 24.0. The number of rotatable bonds is 5. The molecule has 2 unspecified atom stereocenters. The van der Waals surface area contributed by atoms with Crippen molar-refractivity contribution in [3.63, 3.8) is 0 Å². The van der Waals surface area contributed by atoms with Crippen molar-refractivity contribution < 1.29 is 17.9 Å². The monoisotopic (exact) mass is 254 g/mol. The Labute approximate surface area is 100 Å². The summed E-state index contributed by atoms with van der Waals surface area (Å²) < 4.78 is 41.6. The number of ether oxygens (including phenoxy) is 1. The third-order valence-corrected chi connectivity index (χ3v) is 3.12. The predicted molar refractivity (Wildman–Crippen MR) is 60.0 cm³/mol. The molecular formula is C11H21F3N2O. The summed E-state index contributed by atoms with van der Waals surface area (Å²) in [6, 6.07) is 0.378. The van der Waals surface area contributed by atoms with Gasteiger partial charge in [-0.05, 0) is 20.4 Å². The van der Waals surface area contributed by atoms with Gasteiger partial charge >= 0.3 is 6.18 Å². The van der Waals surface area contributed by atoms with E-state index in [2.05, 4.69) is 5.32 Å². The van der Waals surface area contributed by atoms with Crippen molar-refractivity contribution in [2.75, 3.05) is 33.4 Å². The molecule has 0 amide bonds. The van der Waals surface area contributed by atoms with E-state index in [1.165, 1.54) is 0 Å². The highest BCUT2D eigenvalue weighted by atomic mass is 19.4. The van der Waals surface area contributed by atoms with Crippen molar-refractivity contribution in [3.05, 3.63) is 0 Å². The van der Waals surface area contributed by atoms with Crippen LogP contribution in [0.4, 0.5) is 13.2 Å². The smallest absolute Gasteiger partial charge is 0.379 e. The summed E-state index contributed by atoms with van der Waals surface area (Å²) in [5, 5.41) is 3.30. The van der Waals surface area contributed by atoms with Crippen molar-refractivity contribution in [3.8, 4) is 0 Å². The van der Waals surface area contributed by atoms with Crippen LogP contribution in [0, 0.1) is 0 Å². The van der Waals surface area contributed by atoms with Gasteiger partial charge in [0.2, 0.25) is 0 Å². The molecule has 1 heterocycles. The summed E-state index contributed by atoms with van der Waals surface area (Å²) in [5.41, 5.74) is 0. The van der Waals surface area contributed by atoms with Crippen molar-refractivity contribution in [2.45, 2.75) is 38.0 Å². The molecule has 0 radical (unpaired) electrons. The summed E-state index contributed by atoms with van der Waals surface area (Å²) in [7, 11) is 1.74. The first-order valence-electron chi connectivity index (χ1n) is 5.96. The second-order valence-electron chi connectivity index (χ2n) is 4.66. The highest BCUT2D eigenvalue weighted by Gasteiger charge is 2.28. The quantitative estimate of drug-likeness (QED) is 0.807. The third-order valence-electron chi connectivity index (χ3n) is 3.12. The zero-order valence-electron chi connectivity index (χ0n) is 10.4. The van der Waals surface area contributed by atoms with Crippen LogP contribution in [-0.2, 0) is 4.74 Å². The number of nitrogens with one attached hydrogen (secondary N) is 1. The van der Waals surface area contributed by atoms with Gasteiger partial charge in [0, 0.05) is 25.2 Å². The number of hydrogen-bond donors (Lipinski definition) is 1. The molecule has 1 rings (SSSR count). The Kier molecular flexibility index (Phi) is 5.69.